The van der Waals surface area contributed by atoms with Crippen LogP contribution >= 0.6 is 11.3 Å². The molecule has 0 unspecified atom stereocenters. The van der Waals surface area contributed by atoms with Crippen LogP contribution in [0.1, 0.15) is 55.9 Å². The second kappa shape index (κ2) is 12.2. The van der Waals surface area contributed by atoms with E-state index in [-0.39, 0.29) is 5.91 Å². The van der Waals surface area contributed by atoms with Crippen molar-refractivity contribution in [3.8, 4) is 0 Å². The summed E-state index contributed by atoms with van der Waals surface area (Å²) in [6, 6.07) is 2.15. The van der Waals surface area contributed by atoms with Gasteiger partial charge in [0.1, 0.15) is 0 Å². The molecule has 0 spiro atoms. The lowest BCUT2D eigenvalue weighted by Crippen LogP contribution is -2.41. The molecule has 2 aliphatic heterocycles. The number of hydrogen-bond donors (Lipinski definition) is 2. The number of aliphatic imine (C=N–C) groups is 1. The van der Waals surface area contributed by atoms with Crippen molar-refractivity contribution >= 4 is 23.2 Å². The lowest BCUT2D eigenvalue weighted by molar-refractivity contribution is -0.131. The molecule has 1 aromatic rings. The van der Waals surface area contributed by atoms with E-state index in [0.717, 1.165) is 51.5 Å². The Kier molecular flexibility index (Phi) is 9.28. The van der Waals surface area contributed by atoms with Crippen LogP contribution in [0.5, 0.6) is 0 Å². The van der Waals surface area contributed by atoms with Gasteiger partial charge in [0.2, 0.25) is 5.91 Å². The minimum absolute atomic E-state index is 0.228. The van der Waals surface area contributed by atoms with Crippen LogP contribution < -0.4 is 10.6 Å². The van der Waals surface area contributed by atoms with E-state index in [2.05, 4.69) is 33.9 Å². The highest BCUT2D eigenvalue weighted by Gasteiger charge is 2.21. The van der Waals surface area contributed by atoms with Crippen molar-refractivity contribution in [2.45, 2.75) is 58.4 Å². The van der Waals surface area contributed by atoms with Crippen LogP contribution in [0.15, 0.2) is 16.4 Å². The summed E-state index contributed by atoms with van der Waals surface area (Å²) in [6.07, 6.45) is 8.04. The third-order valence-electron chi connectivity index (χ3n) is 5.74. The van der Waals surface area contributed by atoms with Crippen molar-refractivity contribution in [2.24, 2.45) is 4.99 Å². The van der Waals surface area contributed by atoms with Gasteiger partial charge in [-0.3, -0.25) is 9.79 Å². The maximum absolute atomic E-state index is 12.6. The molecule has 2 N–H and O–H groups in total. The van der Waals surface area contributed by atoms with Crippen LogP contribution in [-0.4, -0.2) is 67.5 Å². The van der Waals surface area contributed by atoms with E-state index in [9.17, 15) is 4.79 Å². The number of amides is 1. The topological polar surface area (TPSA) is 60.0 Å². The second-order valence-corrected chi connectivity index (χ2v) is 8.98. The standard InChI is InChI=1S/C22H37N5OS/c1-2-23-22(24-11-7-15-26-13-5-3-4-6-14-26)25-12-8-21(28)27-16-9-20-19(18-27)10-17-29-20/h10,17H,2-9,11-16,18H2,1H3,(H2,23,24,25). The van der Waals surface area contributed by atoms with Gasteiger partial charge in [-0.25, -0.2) is 0 Å². The molecular weight excluding hydrogens is 382 g/mol. The highest BCUT2D eigenvalue weighted by molar-refractivity contribution is 7.10. The van der Waals surface area contributed by atoms with Gasteiger partial charge >= 0.3 is 0 Å². The summed E-state index contributed by atoms with van der Waals surface area (Å²) in [4.78, 5) is 23.3. The Morgan fingerprint density at radius 2 is 2.00 bits per heavy atom. The quantitative estimate of drug-likeness (QED) is 0.386. The van der Waals surface area contributed by atoms with Crippen molar-refractivity contribution in [1.82, 2.24) is 20.4 Å². The van der Waals surface area contributed by atoms with Gasteiger partial charge in [-0.1, -0.05) is 12.8 Å². The van der Waals surface area contributed by atoms with Crippen molar-refractivity contribution in [1.29, 1.82) is 0 Å². The fourth-order valence-electron chi connectivity index (χ4n) is 4.09. The maximum Gasteiger partial charge on any atom is 0.224 e. The van der Waals surface area contributed by atoms with Crippen LogP contribution in [0.2, 0.25) is 0 Å². The molecule has 1 saturated heterocycles. The number of nitrogens with zero attached hydrogens (tertiary/aromatic N) is 3. The number of carbonyl (C=O) groups excluding carboxylic acids is 1. The number of thiophene rings is 1. The van der Waals surface area contributed by atoms with Gasteiger partial charge in [0, 0.05) is 44.0 Å². The second-order valence-electron chi connectivity index (χ2n) is 7.98. The first-order valence-corrected chi connectivity index (χ1v) is 12.2. The molecule has 0 aromatic carbocycles. The van der Waals surface area contributed by atoms with Crippen molar-refractivity contribution in [3.63, 3.8) is 0 Å². The van der Waals surface area contributed by atoms with Gasteiger partial charge in [-0.05, 0) is 69.3 Å². The highest BCUT2D eigenvalue weighted by atomic mass is 32.1. The summed E-state index contributed by atoms with van der Waals surface area (Å²) in [6.45, 7) is 9.60. The van der Waals surface area contributed by atoms with E-state index in [1.807, 2.05) is 16.2 Å². The minimum atomic E-state index is 0.228. The number of rotatable bonds is 8. The first-order valence-electron chi connectivity index (χ1n) is 11.3. The van der Waals surface area contributed by atoms with Crippen molar-refractivity contribution < 1.29 is 4.79 Å². The summed E-state index contributed by atoms with van der Waals surface area (Å²) >= 11 is 1.81. The Hall–Kier alpha value is -1.60. The van der Waals surface area contributed by atoms with Crippen molar-refractivity contribution in [3.05, 3.63) is 21.9 Å². The Balaban J connectivity index is 1.35. The molecule has 1 aromatic heterocycles. The fraction of sp³-hybridized carbons (Fsp3) is 0.727. The first-order chi connectivity index (χ1) is 14.3. The van der Waals surface area contributed by atoms with E-state index >= 15 is 0 Å². The van der Waals surface area contributed by atoms with Crippen LogP contribution in [0, 0.1) is 0 Å². The number of hydrogen-bond acceptors (Lipinski definition) is 4. The van der Waals surface area contributed by atoms with E-state index in [4.69, 9.17) is 4.99 Å². The summed E-state index contributed by atoms with van der Waals surface area (Å²) < 4.78 is 0. The van der Waals surface area contributed by atoms with Crippen LogP contribution in [-0.2, 0) is 17.8 Å². The predicted octanol–water partition coefficient (Wildman–Crippen LogP) is 2.84. The third-order valence-corrected chi connectivity index (χ3v) is 6.76. The molecule has 3 rings (SSSR count). The number of nitrogens with one attached hydrogen (secondary N) is 2. The van der Waals surface area contributed by atoms with Gasteiger partial charge < -0.3 is 20.4 Å². The Morgan fingerprint density at radius 1 is 1.17 bits per heavy atom. The van der Waals surface area contributed by atoms with Gasteiger partial charge in [-0.15, -0.1) is 11.3 Å². The van der Waals surface area contributed by atoms with Crippen LogP contribution in [0.25, 0.3) is 0 Å². The largest absolute Gasteiger partial charge is 0.357 e. The zero-order chi connectivity index (χ0) is 20.3. The average Bonchev–Trinajstić information content (AvgIpc) is 3.05. The van der Waals surface area contributed by atoms with Gasteiger partial charge in [0.15, 0.2) is 5.96 Å². The van der Waals surface area contributed by atoms with Gasteiger partial charge in [-0.2, -0.15) is 0 Å². The zero-order valence-electron chi connectivity index (χ0n) is 17.9. The summed E-state index contributed by atoms with van der Waals surface area (Å²) in [5, 5.41) is 8.76. The van der Waals surface area contributed by atoms with Gasteiger partial charge in [0.25, 0.3) is 0 Å². The van der Waals surface area contributed by atoms with Crippen LogP contribution in [0.4, 0.5) is 0 Å². The Bertz CT molecular complexity index is 651. The normalized spacial score (nSPS) is 18.2. The predicted molar refractivity (Wildman–Crippen MR) is 122 cm³/mol. The Morgan fingerprint density at radius 3 is 2.79 bits per heavy atom. The van der Waals surface area contributed by atoms with Crippen LogP contribution in [0.3, 0.4) is 0 Å². The summed E-state index contributed by atoms with van der Waals surface area (Å²) in [5.41, 5.74) is 1.32. The molecule has 2 aliphatic rings. The van der Waals surface area contributed by atoms with E-state index in [0.29, 0.717) is 13.0 Å². The maximum atomic E-state index is 12.6. The first kappa shape index (κ1) is 22.1. The molecule has 0 aliphatic carbocycles. The number of likely N-dealkylation sites (tertiary alicyclic amines) is 1. The summed E-state index contributed by atoms with van der Waals surface area (Å²) in [5.74, 6) is 1.06. The lowest BCUT2D eigenvalue weighted by atomic mass is 10.1. The molecule has 0 saturated carbocycles. The smallest absolute Gasteiger partial charge is 0.224 e. The van der Waals surface area contributed by atoms with E-state index < -0.39 is 0 Å². The Labute approximate surface area is 179 Å². The number of fused-ring (bicyclic) bond motifs is 1. The molecule has 0 radical (unpaired) electrons. The number of carbonyl (C=O) groups is 1. The molecule has 7 heteroatoms. The molecule has 0 atom stereocenters. The molecule has 162 valence electrons. The molecule has 1 fully saturated rings. The molecular formula is C22H37N5OS. The number of guanidine groups is 1. The molecule has 1 amide bonds. The third kappa shape index (κ3) is 7.30. The van der Waals surface area contributed by atoms with E-state index in [1.54, 1.807) is 0 Å². The summed E-state index contributed by atoms with van der Waals surface area (Å²) in [7, 11) is 0. The van der Waals surface area contributed by atoms with Crippen molar-refractivity contribution in [2.75, 3.05) is 45.8 Å². The fourth-order valence-corrected chi connectivity index (χ4v) is 4.98. The SMILES string of the molecule is CCNC(=NCCCN1CCCCCC1)NCCC(=O)N1CCc2sccc2C1. The zero-order valence-corrected chi connectivity index (χ0v) is 18.7. The monoisotopic (exact) mass is 419 g/mol. The van der Waals surface area contributed by atoms with Gasteiger partial charge in [0.05, 0.1) is 0 Å². The molecule has 6 nitrogen and oxygen atoms in total. The van der Waals surface area contributed by atoms with E-state index in [1.165, 1.54) is 49.2 Å². The molecule has 29 heavy (non-hydrogen) atoms. The average molecular weight is 420 g/mol. The molecule has 3 heterocycles. The highest BCUT2D eigenvalue weighted by Crippen LogP contribution is 2.24. The lowest BCUT2D eigenvalue weighted by Gasteiger charge is -2.27. The molecule has 0 bridgehead atoms. The minimum Gasteiger partial charge on any atom is -0.357 e.